The second-order valence-electron chi connectivity index (χ2n) is 4.06. The van der Waals surface area contributed by atoms with Crippen LogP contribution in [0.1, 0.15) is 53.9 Å². The molecule has 78 valence electrons. The van der Waals surface area contributed by atoms with E-state index in [1.807, 2.05) is 0 Å². The van der Waals surface area contributed by atoms with E-state index in [1.165, 1.54) is 19.3 Å². The molecule has 0 aliphatic rings. The molecular weight excluding hydrogens is 156 g/mol. The van der Waals surface area contributed by atoms with E-state index in [-0.39, 0.29) is 0 Å². The van der Waals surface area contributed by atoms with Crippen molar-refractivity contribution >= 4 is 0 Å². The molecule has 0 radical (unpaired) electrons. The Kier molecular flexibility index (Phi) is 7.03. The number of rotatable bonds is 6. The van der Waals surface area contributed by atoms with Gasteiger partial charge in [-0.1, -0.05) is 52.7 Å². The van der Waals surface area contributed by atoms with Gasteiger partial charge in [-0.2, -0.15) is 0 Å². The molecule has 13 heavy (non-hydrogen) atoms. The standard InChI is InChI=1S/C13H26/c1-6-10-12(8-3)13(9-4)11(5)7-2/h6,10-13H,7-9H2,1-5H3. The van der Waals surface area contributed by atoms with Crippen LogP contribution in [-0.4, -0.2) is 0 Å². The van der Waals surface area contributed by atoms with Gasteiger partial charge in [0.1, 0.15) is 0 Å². The maximum absolute atomic E-state index is 2.39. The lowest BCUT2D eigenvalue weighted by Gasteiger charge is -2.27. The van der Waals surface area contributed by atoms with E-state index in [9.17, 15) is 0 Å². The van der Waals surface area contributed by atoms with Crippen molar-refractivity contribution in [2.45, 2.75) is 53.9 Å². The second-order valence-corrected chi connectivity index (χ2v) is 4.06. The van der Waals surface area contributed by atoms with Gasteiger partial charge in [-0.05, 0) is 31.1 Å². The fraction of sp³-hybridized carbons (Fsp3) is 0.846. The molecule has 0 saturated heterocycles. The first-order chi connectivity index (χ1) is 6.21. The molecule has 0 rings (SSSR count). The SMILES string of the molecule is CC=CC(CC)C(CC)C(C)CC. The zero-order valence-corrected chi connectivity index (χ0v) is 10.0. The van der Waals surface area contributed by atoms with E-state index >= 15 is 0 Å². The third-order valence-electron chi connectivity index (χ3n) is 3.31. The van der Waals surface area contributed by atoms with Gasteiger partial charge in [-0.3, -0.25) is 0 Å². The Labute approximate surface area is 84.4 Å². The van der Waals surface area contributed by atoms with Crippen molar-refractivity contribution in [1.82, 2.24) is 0 Å². The summed E-state index contributed by atoms with van der Waals surface area (Å²) in [6, 6.07) is 0. The Morgan fingerprint density at radius 3 is 1.92 bits per heavy atom. The minimum atomic E-state index is 0.796. The maximum Gasteiger partial charge on any atom is -0.0205 e. The predicted octanol–water partition coefficient (Wildman–Crippen LogP) is 4.66. The Morgan fingerprint density at radius 2 is 1.62 bits per heavy atom. The highest BCUT2D eigenvalue weighted by Gasteiger charge is 2.20. The summed E-state index contributed by atoms with van der Waals surface area (Å²) in [5.74, 6) is 2.54. The van der Waals surface area contributed by atoms with E-state index in [4.69, 9.17) is 0 Å². The normalized spacial score (nSPS) is 18.8. The average Bonchev–Trinajstić information content (AvgIpc) is 2.17. The summed E-state index contributed by atoms with van der Waals surface area (Å²) in [7, 11) is 0. The van der Waals surface area contributed by atoms with Crippen LogP contribution in [0.4, 0.5) is 0 Å². The highest BCUT2D eigenvalue weighted by atomic mass is 14.3. The molecule has 0 N–H and O–H groups in total. The van der Waals surface area contributed by atoms with Crippen LogP contribution in [-0.2, 0) is 0 Å². The van der Waals surface area contributed by atoms with Crippen molar-refractivity contribution in [2.24, 2.45) is 17.8 Å². The second kappa shape index (κ2) is 7.17. The van der Waals surface area contributed by atoms with E-state index in [1.54, 1.807) is 0 Å². The van der Waals surface area contributed by atoms with Gasteiger partial charge >= 0.3 is 0 Å². The molecule has 3 atom stereocenters. The van der Waals surface area contributed by atoms with Crippen LogP contribution in [0.3, 0.4) is 0 Å². The lowest BCUT2D eigenvalue weighted by Crippen LogP contribution is -2.18. The molecule has 0 aliphatic heterocycles. The van der Waals surface area contributed by atoms with Crippen LogP contribution in [0, 0.1) is 17.8 Å². The first kappa shape index (κ1) is 12.7. The highest BCUT2D eigenvalue weighted by molar-refractivity contribution is 4.89. The van der Waals surface area contributed by atoms with Crippen LogP contribution in [0.5, 0.6) is 0 Å². The lowest BCUT2D eigenvalue weighted by atomic mass is 9.78. The van der Waals surface area contributed by atoms with E-state index in [0.29, 0.717) is 0 Å². The Hall–Kier alpha value is -0.260. The van der Waals surface area contributed by atoms with E-state index < -0.39 is 0 Å². The van der Waals surface area contributed by atoms with Gasteiger partial charge in [-0.15, -0.1) is 0 Å². The fourth-order valence-electron chi connectivity index (χ4n) is 2.26. The topological polar surface area (TPSA) is 0 Å². The van der Waals surface area contributed by atoms with Crippen LogP contribution in [0.25, 0.3) is 0 Å². The van der Waals surface area contributed by atoms with Crippen molar-refractivity contribution in [3.8, 4) is 0 Å². The van der Waals surface area contributed by atoms with E-state index in [2.05, 4.69) is 46.8 Å². The average molecular weight is 182 g/mol. The molecule has 0 amide bonds. The van der Waals surface area contributed by atoms with Crippen LogP contribution >= 0.6 is 0 Å². The van der Waals surface area contributed by atoms with Gasteiger partial charge in [0.15, 0.2) is 0 Å². The number of hydrogen-bond donors (Lipinski definition) is 0. The van der Waals surface area contributed by atoms with Gasteiger partial charge < -0.3 is 0 Å². The van der Waals surface area contributed by atoms with Gasteiger partial charge in [-0.25, -0.2) is 0 Å². The third-order valence-corrected chi connectivity index (χ3v) is 3.31. The maximum atomic E-state index is 2.39. The quantitative estimate of drug-likeness (QED) is 0.524. The highest BCUT2D eigenvalue weighted by Crippen LogP contribution is 2.29. The third kappa shape index (κ3) is 3.97. The Bertz CT molecular complexity index is 135. The summed E-state index contributed by atoms with van der Waals surface area (Å²) in [6.45, 7) is 11.4. The minimum absolute atomic E-state index is 0.796. The number of allylic oxidation sites excluding steroid dienone is 2. The summed E-state index contributed by atoms with van der Waals surface area (Å²) < 4.78 is 0. The monoisotopic (exact) mass is 182 g/mol. The van der Waals surface area contributed by atoms with Crippen LogP contribution < -0.4 is 0 Å². The molecule has 0 aromatic heterocycles. The van der Waals surface area contributed by atoms with E-state index in [0.717, 1.165) is 17.8 Å². The molecule has 0 fully saturated rings. The summed E-state index contributed by atoms with van der Waals surface area (Å²) in [5.41, 5.74) is 0. The zero-order chi connectivity index (χ0) is 10.3. The van der Waals surface area contributed by atoms with Crippen molar-refractivity contribution in [3.05, 3.63) is 12.2 Å². The summed E-state index contributed by atoms with van der Waals surface area (Å²) >= 11 is 0. The van der Waals surface area contributed by atoms with Crippen molar-refractivity contribution in [2.75, 3.05) is 0 Å². The molecule has 0 aromatic rings. The van der Waals surface area contributed by atoms with Gasteiger partial charge in [0.05, 0.1) is 0 Å². The fourth-order valence-corrected chi connectivity index (χ4v) is 2.26. The first-order valence-electron chi connectivity index (χ1n) is 5.83. The predicted molar refractivity (Wildman–Crippen MR) is 61.8 cm³/mol. The largest absolute Gasteiger partial charge is 0.0914 e. The molecular formula is C13H26. The smallest absolute Gasteiger partial charge is 0.0205 e. The summed E-state index contributed by atoms with van der Waals surface area (Å²) in [5, 5.41) is 0. The Balaban J connectivity index is 4.32. The number of hydrogen-bond acceptors (Lipinski definition) is 0. The molecule has 0 aromatic carbocycles. The molecule has 0 bridgehead atoms. The molecule has 0 heterocycles. The zero-order valence-electron chi connectivity index (χ0n) is 10.0. The lowest BCUT2D eigenvalue weighted by molar-refractivity contribution is 0.258. The molecule has 0 saturated carbocycles. The van der Waals surface area contributed by atoms with Gasteiger partial charge in [0.25, 0.3) is 0 Å². The van der Waals surface area contributed by atoms with Crippen LogP contribution in [0.15, 0.2) is 12.2 Å². The minimum Gasteiger partial charge on any atom is -0.0914 e. The molecule has 0 heteroatoms. The van der Waals surface area contributed by atoms with Crippen LogP contribution in [0.2, 0.25) is 0 Å². The van der Waals surface area contributed by atoms with Crippen molar-refractivity contribution in [1.29, 1.82) is 0 Å². The molecule has 0 nitrogen and oxygen atoms in total. The van der Waals surface area contributed by atoms with Crippen molar-refractivity contribution in [3.63, 3.8) is 0 Å². The summed E-state index contributed by atoms with van der Waals surface area (Å²) in [4.78, 5) is 0. The molecule has 0 spiro atoms. The summed E-state index contributed by atoms with van der Waals surface area (Å²) in [6.07, 6.45) is 8.51. The van der Waals surface area contributed by atoms with Crippen molar-refractivity contribution < 1.29 is 0 Å². The molecule has 0 aliphatic carbocycles. The van der Waals surface area contributed by atoms with Gasteiger partial charge in [0, 0.05) is 0 Å². The molecule has 3 unspecified atom stereocenters. The Morgan fingerprint density at radius 1 is 1.00 bits per heavy atom. The first-order valence-corrected chi connectivity index (χ1v) is 5.83. The van der Waals surface area contributed by atoms with Gasteiger partial charge in [0.2, 0.25) is 0 Å².